The fraction of sp³-hybridized carbons (Fsp3) is 0.750. The zero-order chi connectivity index (χ0) is 21.3. The molecular formula is C24H44O4Zn. The summed E-state index contributed by atoms with van der Waals surface area (Å²) in [7, 11) is 0. The molecule has 2 N–H and O–H groups in total. The molecule has 0 atom stereocenters. The Balaban J connectivity index is -0.000000451. The molecule has 0 radical (unpaired) electrons. The first-order chi connectivity index (χ1) is 13.5. The number of allylic oxidation sites excluding steroid dienone is 4. The van der Waals surface area contributed by atoms with E-state index in [9.17, 15) is 9.59 Å². The van der Waals surface area contributed by atoms with Crippen LogP contribution in [-0.4, -0.2) is 22.2 Å². The van der Waals surface area contributed by atoms with Crippen LogP contribution in [-0.2, 0) is 29.1 Å². The molecule has 0 spiro atoms. The minimum atomic E-state index is -0.683. The van der Waals surface area contributed by atoms with Gasteiger partial charge in [0.2, 0.25) is 0 Å². The van der Waals surface area contributed by atoms with Gasteiger partial charge in [0.25, 0.3) is 0 Å². The molecule has 0 saturated heterocycles. The predicted octanol–water partition coefficient (Wildman–Crippen LogP) is 7.53. The molecule has 4 nitrogen and oxygen atoms in total. The molecule has 0 aromatic heterocycles. The number of unbranched alkanes of at least 4 members (excludes halogenated alkanes) is 10. The number of carboxylic acid groups (broad SMARTS) is 2. The summed E-state index contributed by atoms with van der Waals surface area (Å²) >= 11 is 0. The van der Waals surface area contributed by atoms with E-state index in [-0.39, 0.29) is 19.5 Å². The maximum absolute atomic E-state index is 10.2. The van der Waals surface area contributed by atoms with E-state index in [1.54, 1.807) is 0 Å². The minimum Gasteiger partial charge on any atom is -0.481 e. The maximum Gasteiger partial charge on any atom is 0.303 e. The van der Waals surface area contributed by atoms with Gasteiger partial charge in [-0.2, -0.15) is 0 Å². The van der Waals surface area contributed by atoms with Crippen molar-refractivity contribution in [2.75, 3.05) is 0 Å². The summed E-state index contributed by atoms with van der Waals surface area (Å²) < 4.78 is 0. The van der Waals surface area contributed by atoms with E-state index >= 15 is 0 Å². The van der Waals surface area contributed by atoms with Gasteiger partial charge in [-0.3, -0.25) is 9.59 Å². The van der Waals surface area contributed by atoms with Gasteiger partial charge in [-0.05, 0) is 64.2 Å². The van der Waals surface area contributed by atoms with Crippen LogP contribution < -0.4 is 0 Å². The molecular weight excluding hydrogens is 418 g/mol. The summed E-state index contributed by atoms with van der Waals surface area (Å²) in [4.78, 5) is 20.4. The Morgan fingerprint density at radius 1 is 0.552 bits per heavy atom. The average Bonchev–Trinajstić information content (AvgIpc) is 2.65. The number of rotatable bonds is 18. The third-order valence-electron chi connectivity index (χ3n) is 4.30. The Bertz CT molecular complexity index is 368. The van der Waals surface area contributed by atoms with Crippen LogP contribution in [0.2, 0.25) is 0 Å². The van der Waals surface area contributed by atoms with Gasteiger partial charge in [-0.15, -0.1) is 0 Å². The monoisotopic (exact) mass is 460 g/mol. The fourth-order valence-corrected chi connectivity index (χ4v) is 2.57. The summed E-state index contributed by atoms with van der Waals surface area (Å²) in [6, 6.07) is 0. The van der Waals surface area contributed by atoms with Gasteiger partial charge >= 0.3 is 11.9 Å². The summed E-state index contributed by atoms with van der Waals surface area (Å²) in [6.45, 7) is 4.41. The molecule has 0 saturated carbocycles. The Kier molecular flexibility index (Phi) is 33.0. The molecule has 0 heterocycles. The van der Waals surface area contributed by atoms with Crippen molar-refractivity contribution in [3.8, 4) is 0 Å². The van der Waals surface area contributed by atoms with Crippen molar-refractivity contribution < 1.29 is 39.3 Å². The Morgan fingerprint density at radius 2 is 0.828 bits per heavy atom. The molecule has 0 aliphatic rings. The standard InChI is InChI=1S/2C12H22O2.Zn/c2*1-2-3-4-5-6-7-8-9-10-11-12(13)14;/h2*6-7H,2-5,8-11H2,1H3,(H,13,14);. The molecule has 0 fully saturated rings. The maximum atomic E-state index is 10.2. The normalized spacial score (nSPS) is 10.6. The molecule has 5 heteroatoms. The van der Waals surface area contributed by atoms with Gasteiger partial charge in [0.1, 0.15) is 0 Å². The second-order valence-electron chi connectivity index (χ2n) is 7.21. The summed E-state index contributed by atoms with van der Waals surface area (Å²) in [5.74, 6) is -1.37. The van der Waals surface area contributed by atoms with Crippen molar-refractivity contribution in [1.29, 1.82) is 0 Å². The number of carbonyl (C=O) groups is 2. The molecule has 0 rings (SSSR count). The topological polar surface area (TPSA) is 74.6 Å². The number of carboxylic acids is 2. The molecule has 0 amide bonds. The largest absolute Gasteiger partial charge is 0.481 e. The van der Waals surface area contributed by atoms with Gasteiger partial charge < -0.3 is 10.2 Å². The molecule has 0 bridgehead atoms. The zero-order valence-corrected chi connectivity index (χ0v) is 22.0. The van der Waals surface area contributed by atoms with E-state index < -0.39 is 11.9 Å². The van der Waals surface area contributed by atoms with Crippen molar-refractivity contribution in [2.24, 2.45) is 0 Å². The van der Waals surface area contributed by atoms with E-state index in [0.29, 0.717) is 12.8 Å². The second kappa shape index (κ2) is 29.2. The molecule has 0 unspecified atom stereocenters. The molecule has 0 aromatic rings. The van der Waals surface area contributed by atoms with E-state index in [2.05, 4.69) is 38.2 Å². The van der Waals surface area contributed by atoms with Crippen molar-refractivity contribution >= 4 is 11.9 Å². The van der Waals surface area contributed by atoms with Crippen LogP contribution in [0.25, 0.3) is 0 Å². The quantitative estimate of drug-likeness (QED) is 0.126. The molecule has 0 aliphatic heterocycles. The van der Waals surface area contributed by atoms with Crippen LogP contribution >= 0.6 is 0 Å². The predicted molar refractivity (Wildman–Crippen MR) is 119 cm³/mol. The van der Waals surface area contributed by atoms with Crippen LogP contribution in [0.4, 0.5) is 0 Å². The van der Waals surface area contributed by atoms with Crippen molar-refractivity contribution in [2.45, 2.75) is 117 Å². The van der Waals surface area contributed by atoms with Crippen molar-refractivity contribution in [1.82, 2.24) is 0 Å². The van der Waals surface area contributed by atoms with Crippen molar-refractivity contribution in [3.63, 3.8) is 0 Å². The third kappa shape index (κ3) is 38.3. The second-order valence-corrected chi connectivity index (χ2v) is 7.21. The third-order valence-corrected chi connectivity index (χ3v) is 4.30. The van der Waals surface area contributed by atoms with Crippen molar-refractivity contribution in [3.05, 3.63) is 24.3 Å². The number of aliphatic carboxylic acids is 2. The summed E-state index contributed by atoms with van der Waals surface area (Å²) in [5, 5.41) is 16.8. The van der Waals surface area contributed by atoms with E-state index in [1.165, 1.54) is 51.4 Å². The first-order valence-corrected chi connectivity index (χ1v) is 11.3. The summed E-state index contributed by atoms with van der Waals surface area (Å²) in [6.07, 6.45) is 25.1. The molecule has 0 aliphatic carbocycles. The Morgan fingerprint density at radius 3 is 1.07 bits per heavy atom. The smallest absolute Gasteiger partial charge is 0.303 e. The van der Waals surface area contributed by atoms with Crippen LogP contribution in [0.5, 0.6) is 0 Å². The van der Waals surface area contributed by atoms with Gasteiger partial charge in [-0.1, -0.05) is 63.8 Å². The van der Waals surface area contributed by atoms with E-state index in [0.717, 1.165) is 38.5 Å². The zero-order valence-electron chi connectivity index (χ0n) is 19.0. The Labute approximate surface area is 192 Å². The van der Waals surface area contributed by atoms with Crippen LogP contribution in [0.3, 0.4) is 0 Å². The molecule has 166 valence electrons. The first kappa shape index (κ1) is 32.7. The number of hydrogen-bond donors (Lipinski definition) is 2. The van der Waals surface area contributed by atoms with Gasteiger partial charge in [0.15, 0.2) is 0 Å². The van der Waals surface area contributed by atoms with Gasteiger partial charge in [0.05, 0.1) is 0 Å². The van der Waals surface area contributed by atoms with Crippen LogP contribution in [0.1, 0.15) is 117 Å². The Hall–Kier alpha value is -0.957. The van der Waals surface area contributed by atoms with E-state index in [4.69, 9.17) is 10.2 Å². The van der Waals surface area contributed by atoms with Crippen LogP contribution in [0, 0.1) is 0 Å². The van der Waals surface area contributed by atoms with Gasteiger partial charge in [0, 0.05) is 32.3 Å². The molecule has 0 aromatic carbocycles. The molecule has 29 heavy (non-hydrogen) atoms. The van der Waals surface area contributed by atoms with E-state index in [1.807, 2.05) is 0 Å². The number of hydrogen-bond acceptors (Lipinski definition) is 2. The fourth-order valence-electron chi connectivity index (χ4n) is 2.57. The first-order valence-electron chi connectivity index (χ1n) is 11.3. The SMILES string of the molecule is CCCCCC=CCCCCC(=O)O.CCCCCC=CCCCCC(=O)O.[Zn]. The van der Waals surface area contributed by atoms with Gasteiger partial charge in [-0.25, -0.2) is 0 Å². The van der Waals surface area contributed by atoms with Crippen LogP contribution in [0.15, 0.2) is 24.3 Å². The minimum absolute atomic E-state index is 0. The summed E-state index contributed by atoms with van der Waals surface area (Å²) in [5.41, 5.74) is 0. The average molecular weight is 462 g/mol.